The SMILES string of the molecule is C=CC/C=C1\C(C)=CC2(CC1(C)C)OCCO2. The molecule has 0 aromatic rings. The summed E-state index contributed by atoms with van der Waals surface area (Å²) in [6.07, 6.45) is 8.14. The zero-order valence-electron chi connectivity index (χ0n) is 11.1. The van der Waals surface area contributed by atoms with Gasteiger partial charge in [-0.25, -0.2) is 0 Å². The fourth-order valence-corrected chi connectivity index (χ4v) is 3.00. The summed E-state index contributed by atoms with van der Waals surface area (Å²) in [6.45, 7) is 11.8. The molecule has 1 saturated heterocycles. The molecule has 0 radical (unpaired) electrons. The van der Waals surface area contributed by atoms with Gasteiger partial charge < -0.3 is 9.47 Å². The summed E-state index contributed by atoms with van der Waals surface area (Å²) in [6, 6.07) is 0. The third kappa shape index (κ3) is 2.38. The van der Waals surface area contributed by atoms with Gasteiger partial charge in [-0.2, -0.15) is 0 Å². The first-order valence-electron chi connectivity index (χ1n) is 6.28. The lowest BCUT2D eigenvalue weighted by Crippen LogP contribution is -2.39. The summed E-state index contributed by atoms with van der Waals surface area (Å²) in [5.74, 6) is -0.473. The van der Waals surface area contributed by atoms with Gasteiger partial charge in [-0.1, -0.05) is 26.0 Å². The molecule has 0 aromatic carbocycles. The van der Waals surface area contributed by atoms with Gasteiger partial charge in [0, 0.05) is 6.42 Å². The van der Waals surface area contributed by atoms with Crippen LogP contribution in [0.1, 0.15) is 33.6 Å². The molecule has 94 valence electrons. The first-order chi connectivity index (χ1) is 7.99. The second-order valence-electron chi connectivity index (χ2n) is 5.54. The lowest BCUT2D eigenvalue weighted by Gasteiger charge is -2.41. The fraction of sp³-hybridized carbons (Fsp3) is 0.600. The Kier molecular flexibility index (Phi) is 3.28. The minimum absolute atomic E-state index is 0.0895. The van der Waals surface area contributed by atoms with Crippen molar-refractivity contribution < 1.29 is 9.47 Å². The highest BCUT2D eigenvalue weighted by Crippen LogP contribution is 2.47. The van der Waals surface area contributed by atoms with Crippen molar-refractivity contribution >= 4 is 0 Å². The highest BCUT2D eigenvalue weighted by atomic mass is 16.7. The molecule has 1 spiro atoms. The van der Waals surface area contributed by atoms with Crippen LogP contribution >= 0.6 is 0 Å². The maximum atomic E-state index is 5.79. The monoisotopic (exact) mass is 234 g/mol. The van der Waals surface area contributed by atoms with E-state index >= 15 is 0 Å². The summed E-state index contributed by atoms with van der Waals surface area (Å²) in [5, 5.41) is 0. The molecular formula is C15H22O2. The van der Waals surface area contributed by atoms with Crippen molar-refractivity contribution in [2.45, 2.75) is 39.4 Å². The highest BCUT2D eigenvalue weighted by Gasteiger charge is 2.45. The van der Waals surface area contributed by atoms with Gasteiger partial charge in [0.15, 0.2) is 5.79 Å². The van der Waals surface area contributed by atoms with E-state index in [0.717, 1.165) is 12.8 Å². The Morgan fingerprint density at radius 1 is 1.35 bits per heavy atom. The molecule has 2 heteroatoms. The van der Waals surface area contributed by atoms with E-state index in [0.29, 0.717) is 13.2 Å². The molecule has 0 amide bonds. The largest absolute Gasteiger partial charge is 0.344 e. The molecule has 0 bridgehead atoms. The number of ether oxygens (including phenoxy) is 2. The van der Waals surface area contributed by atoms with Crippen LogP contribution in [-0.4, -0.2) is 19.0 Å². The predicted octanol–water partition coefficient (Wildman–Crippen LogP) is 3.61. The Hall–Kier alpha value is -0.860. The molecule has 1 aliphatic heterocycles. The van der Waals surface area contributed by atoms with Gasteiger partial charge in [0.05, 0.1) is 13.2 Å². The summed E-state index contributed by atoms with van der Waals surface area (Å²) in [5.41, 5.74) is 2.75. The maximum Gasteiger partial charge on any atom is 0.189 e. The minimum atomic E-state index is -0.473. The molecule has 0 saturated carbocycles. The van der Waals surface area contributed by atoms with E-state index in [9.17, 15) is 0 Å². The van der Waals surface area contributed by atoms with Crippen LogP contribution < -0.4 is 0 Å². The van der Waals surface area contributed by atoms with E-state index in [1.165, 1.54) is 11.1 Å². The van der Waals surface area contributed by atoms with Crippen molar-refractivity contribution in [3.63, 3.8) is 0 Å². The van der Waals surface area contributed by atoms with Crippen molar-refractivity contribution in [3.05, 3.63) is 36.0 Å². The summed E-state index contributed by atoms with van der Waals surface area (Å²) in [7, 11) is 0. The standard InChI is InChI=1S/C15H22O2/c1-5-6-7-13-12(2)10-15(11-14(13,3)4)16-8-9-17-15/h5,7,10H,1,6,8-9,11H2,2-4H3/b13-7+. The second-order valence-corrected chi connectivity index (χ2v) is 5.54. The molecule has 1 heterocycles. The van der Waals surface area contributed by atoms with Crippen LogP contribution in [0.2, 0.25) is 0 Å². The molecule has 0 N–H and O–H groups in total. The predicted molar refractivity (Wildman–Crippen MR) is 69.7 cm³/mol. The number of rotatable bonds is 2. The van der Waals surface area contributed by atoms with Crippen LogP contribution in [0, 0.1) is 5.41 Å². The lowest BCUT2D eigenvalue weighted by atomic mass is 9.70. The molecule has 2 rings (SSSR count). The average Bonchev–Trinajstić information content (AvgIpc) is 2.63. The van der Waals surface area contributed by atoms with Crippen molar-refractivity contribution in [3.8, 4) is 0 Å². The van der Waals surface area contributed by atoms with Crippen molar-refractivity contribution in [2.75, 3.05) is 13.2 Å². The van der Waals surface area contributed by atoms with E-state index < -0.39 is 5.79 Å². The molecule has 0 atom stereocenters. The Labute approximate surface area is 104 Å². The van der Waals surface area contributed by atoms with Crippen LogP contribution in [0.4, 0.5) is 0 Å². The third-order valence-electron chi connectivity index (χ3n) is 3.54. The van der Waals surface area contributed by atoms with Crippen LogP contribution in [0.25, 0.3) is 0 Å². The summed E-state index contributed by atoms with van der Waals surface area (Å²) < 4.78 is 11.6. The van der Waals surface area contributed by atoms with Crippen LogP contribution in [-0.2, 0) is 9.47 Å². The summed E-state index contributed by atoms with van der Waals surface area (Å²) in [4.78, 5) is 0. The van der Waals surface area contributed by atoms with Crippen molar-refractivity contribution in [1.29, 1.82) is 0 Å². The first kappa shape index (κ1) is 12.6. The maximum absolute atomic E-state index is 5.79. The van der Waals surface area contributed by atoms with Crippen molar-refractivity contribution in [1.82, 2.24) is 0 Å². The number of hydrogen-bond acceptors (Lipinski definition) is 2. The Morgan fingerprint density at radius 2 is 2.00 bits per heavy atom. The van der Waals surface area contributed by atoms with Crippen molar-refractivity contribution in [2.24, 2.45) is 5.41 Å². The van der Waals surface area contributed by atoms with Crippen LogP contribution in [0.5, 0.6) is 0 Å². The number of hydrogen-bond donors (Lipinski definition) is 0. The Balaban J connectivity index is 2.34. The molecule has 17 heavy (non-hydrogen) atoms. The molecular weight excluding hydrogens is 212 g/mol. The smallest absolute Gasteiger partial charge is 0.189 e. The van der Waals surface area contributed by atoms with Crippen LogP contribution in [0.3, 0.4) is 0 Å². The van der Waals surface area contributed by atoms with Gasteiger partial charge in [0.1, 0.15) is 0 Å². The minimum Gasteiger partial charge on any atom is -0.344 e. The third-order valence-corrected chi connectivity index (χ3v) is 3.54. The number of allylic oxidation sites excluding steroid dienone is 4. The molecule has 0 unspecified atom stereocenters. The first-order valence-corrected chi connectivity index (χ1v) is 6.28. The topological polar surface area (TPSA) is 18.5 Å². The van der Waals surface area contributed by atoms with Gasteiger partial charge in [-0.15, -0.1) is 6.58 Å². The zero-order chi connectivity index (χ0) is 12.5. The quantitative estimate of drug-likeness (QED) is 0.680. The second kappa shape index (κ2) is 4.43. The lowest BCUT2D eigenvalue weighted by molar-refractivity contribution is -0.139. The van der Waals surface area contributed by atoms with E-state index in [1.807, 2.05) is 6.08 Å². The van der Waals surface area contributed by atoms with Gasteiger partial charge in [-0.3, -0.25) is 0 Å². The van der Waals surface area contributed by atoms with E-state index in [1.54, 1.807) is 0 Å². The van der Waals surface area contributed by atoms with E-state index in [4.69, 9.17) is 9.47 Å². The van der Waals surface area contributed by atoms with Gasteiger partial charge >= 0.3 is 0 Å². The fourth-order valence-electron chi connectivity index (χ4n) is 3.00. The normalized spacial score (nSPS) is 28.4. The zero-order valence-corrected chi connectivity index (χ0v) is 11.1. The van der Waals surface area contributed by atoms with E-state index in [-0.39, 0.29) is 5.41 Å². The average molecular weight is 234 g/mol. The molecule has 2 aliphatic rings. The van der Waals surface area contributed by atoms with Crippen LogP contribution in [0.15, 0.2) is 36.0 Å². The molecule has 2 nitrogen and oxygen atoms in total. The van der Waals surface area contributed by atoms with Gasteiger partial charge in [-0.05, 0) is 36.0 Å². The molecule has 1 aliphatic carbocycles. The molecule has 1 fully saturated rings. The Morgan fingerprint density at radius 3 is 2.53 bits per heavy atom. The highest BCUT2D eigenvalue weighted by molar-refractivity contribution is 5.40. The van der Waals surface area contributed by atoms with Gasteiger partial charge in [0.25, 0.3) is 0 Å². The van der Waals surface area contributed by atoms with Gasteiger partial charge in [0.2, 0.25) is 0 Å². The van der Waals surface area contributed by atoms with E-state index in [2.05, 4.69) is 39.5 Å². The molecule has 0 aromatic heterocycles. The Bertz CT molecular complexity index is 368. The summed E-state index contributed by atoms with van der Waals surface area (Å²) >= 11 is 0.